The lowest BCUT2D eigenvalue weighted by Gasteiger charge is -2.10. The van der Waals surface area contributed by atoms with Crippen LogP contribution in [0.3, 0.4) is 0 Å². The number of ether oxygens (including phenoxy) is 1. The van der Waals surface area contributed by atoms with Gasteiger partial charge in [-0.15, -0.1) is 0 Å². The van der Waals surface area contributed by atoms with Crippen LogP contribution in [-0.4, -0.2) is 17.7 Å². The number of hydrogen-bond donors (Lipinski definition) is 1. The number of carbonyl (C=O) groups is 1. The van der Waals surface area contributed by atoms with Crippen molar-refractivity contribution in [3.63, 3.8) is 0 Å². The number of phenols is 1. The molecule has 1 N–H and O–H groups in total. The lowest BCUT2D eigenvalue weighted by molar-refractivity contribution is 0.0524. The molecule has 1 aromatic carbocycles. The highest BCUT2D eigenvalue weighted by Gasteiger charge is 2.20. The normalized spacial score (nSPS) is 10.3. The Morgan fingerprint density at radius 1 is 1.44 bits per heavy atom. The van der Waals surface area contributed by atoms with Crippen LogP contribution in [0.4, 0.5) is 0 Å². The van der Waals surface area contributed by atoms with E-state index in [0.717, 1.165) is 5.56 Å². The van der Waals surface area contributed by atoms with E-state index in [4.69, 9.17) is 9.15 Å². The van der Waals surface area contributed by atoms with Crippen molar-refractivity contribution in [3.8, 4) is 17.1 Å². The molecule has 0 saturated heterocycles. The fourth-order valence-electron chi connectivity index (χ4n) is 1.81. The van der Waals surface area contributed by atoms with Gasteiger partial charge >= 0.3 is 5.97 Å². The first-order valence-corrected chi connectivity index (χ1v) is 5.68. The van der Waals surface area contributed by atoms with E-state index in [1.165, 1.54) is 12.3 Å². The maximum atomic E-state index is 11.9. The topological polar surface area (TPSA) is 59.7 Å². The van der Waals surface area contributed by atoms with Gasteiger partial charge in [0, 0.05) is 5.56 Å². The van der Waals surface area contributed by atoms with Gasteiger partial charge in [-0.3, -0.25) is 0 Å². The van der Waals surface area contributed by atoms with Crippen LogP contribution < -0.4 is 0 Å². The molecule has 94 valence electrons. The number of hydrogen-bond acceptors (Lipinski definition) is 4. The first kappa shape index (κ1) is 12.2. The predicted octanol–water partition coefficient (Wildman–Crippen LogP) is 3.14. The Kier molecular flexibility index (Phi) is 3.37. The van der Waals surface area contributed by atoms with Crippen LogP contribution in [0.1, 0.15) is 22.8 Å². The molecule has 1 aromatic heterocycles. The minimum Gasteiger partial charge on any atom is -0.507 e. The number of rotatable bonds is 3. The van der Waals surface area contributed by atoms with Crippen molar-refractivity contribution in [2.24, 2.45) is 0 Å². The van der Waals surface area contributed by atoms with Gasteiger partial charge in [-0.1, -0.05) is 0 Å². The average molecular weight is 246 g/mol. The second-order valence-electron chi connectivity index (χ2n) is 3.90. The highest BCUT2D eigenvalue weighted by atomic mass is 16.5. The first-order valence-electron chi connectivity index (χ1n) is 5.68. The maximum absolute atomic E-state index is 11.9. The summed E-state index contributed by atoms with van der Waals surface area (Å²) < 4.78 is 10.2. The second-order valence-corrected chi connectivity index (χ2v) is 3.90. The van der Waals surface area contributed by atoms with E-state index in [2.05, 4.69) is 0 Å². The molecule has 0 aliphatic carbocycles. The number of furan rings is 1. The summed E-state index contributed by atoms with van der Waals surface area (Å²) in [5.41, 5.74) is 1.51. The fraction of sp³-hybridized carbons (Fsp3) is 0.214. The van der Waals surface area contributed by atoms with Crippen LogP contribution in [0.15, 0.2) is 34.9 Å². The van der Waals surface area contributed by atoms with E-state index in [1.807, 2.05) is 6.92 Å². The van der Waals surface area contributed by atoms with Gasteiger partial charge in [0.05, 0.1) is 12.9 Å². The third-order valence-corrected chi connectivity index (χ3v) is 2.53. The summed E-state index contributed by atoms with van der Waals surface area (Å²) in [4.78, 5) is 11.9. The molecule has 0 radical (unpaired) electrons. The quantitative estimate of drug-likeness (QED) is 0.845. The summed E-state index contributed by atoms with van der Waals surface area (Å²) in [6, 6.07) is 6.77. The van der Waals surface area contributed by atoms with Gasteiger partial charge in [0.1, 0.15) is 17.1 Å². The number of esters is 1. The van der Waals surface area contributed by atoms with Crippen LogP contribution >= 0.6 is 0 Å². The van der Waals surface area contributed by atoms with Gasteiger partial charge in [0.15, 0.2) is 0 Å². The lowest BCUT2D eigenvalue weighted by atomic mass is 10.0. The molecule has 0 unspecified atom stereocenters. The smallest absolute Gasteiger partial charge is 0.342 e. The van der Waals surface area contributed by atoms with Crippen LogP contribution in [0.5, 0.6) is 5.75 Å². The summed E-state index contributed by atoms with van der Waals surface area (Å²) in [5.74, 6) is -0.127. The number of aromatic hydroxyl groups is 1. The van der Waals surface area contributed by atoms with Crippen molar-refractivity contribution >= 4 is 5.97 Å². The summed E-state index contributed by atoms with van der Waals surface area (Å²) in [7, 11) is 0. The highest BCUT2D eigenvalue weighted by molar-refractivity contribution is 5.99. The zero-order valence-electron chi connectivity index (χ0n) is 10.3. The molecule has 0 atom stereocenters. The molecule has 4 nitrogen and oxygen atoms in total. The highest BCUT2D eigenvalue weighted by Crippen LogP contribution is 2.32. The molecule has 0 saturated carbocycles. The summed E-state index contributed by atoms with van der Waals surface area (Å²) >= 11 is 0. The first-order chi connectivity index (χ1) is 8.63. The van der Waals surface area contributed by atoms with Gasteiger partial charge in [0.25, 0.3) is 0 Å². The second kappa shape index (κ2) is 4.96. The van der Waals surface area contributed by atoms with Gasteiger partial charge in [-0.2, -0.15) is 0 Å². The largest absolute Gasteiger partial charge is 0.507 e. The molecule has 0 bridgehead atoms. The van der Waals surface area contributed by atoms with Gasteiger partial charge in [0.2, 0.25) is 0 Å². The number of benzene rings is 1. The molecule has 4 heteroatoms. The van der Waals surface area contributed by atoms with Crippen molar-refractivity contribution in [2.45, 2.75) is 13.8 Å². The van der Waals surface area contributed by atoms with E-state index < -0.39 is 5.97 Å². The Bertz CT molecular complexity index is 555. The Hall–Kier alpha value is -2.23. The number of aryl methyl sites for hydroxylation is 1. The van der Waals surface area contributed by atoms with Gasteiger partial charge in [-0.05, 0) is 43.7 Å². The zero-order chi connectivity index (χ0) is 13.1. The Morgan fingerprint density at radius 3 is 2.83 bits per heavy atom. The van der Waals surface area contributed by atoms with Crippen molar-refractivity contribution in [3.05, 3.63) is 41.7 Å². The average Bonchev–Trinajstić information content (AvgIpc) is 2.81. The van der Waals surface area contributed by atoms with Crippen LogP contribution in [0, 0.1) is 6.92 Å². The lowest BCUT2D eigenvalue weighted by Crippen LogP contribution is -2.07. The SMILES string of the molecule is CCOC(=O)c1c(O)cc(C)cc1-c1ccco1. The third-order valence-electron chi connectivity index (χ3n) is 2.53. The van der Waals surface area contributed by atoms with E-state index in [-0.39, 0.29) is 17.9 Å². The van der Waals surface area contributed by atoms with Crippen LogP contribution in [0.25, 0.3) is 11.3 Å². The molecule has 0 fully saturated rings. The molecule has 2 aromatic rings. The Labute approximate surface area is 105 Å². The van der Waals surface area contributed by atoms with Crippen molar-refractivity contribution in [1.82, 2.24) is 0 Å². The molecule has 2 rings (SSSR count). The molecular formula is C14H14O4. The van der Waals surface area contributed by atoms with E-state index in [1.54, 1.807) is 25.1 Å². The maximum Gasteiger partial charge on any atom is 0.342 e. The van der Waals surface area contributed by atoms with E-state index in [0.29, 0.717) is 11.3 Å². The van der Waals surface area contributed by atoms with Crippen LogP contribution in [0.2, 0.25) is 0 Å². The summed E-state index contributed by atoms with van der Waals surface area (Å²) in [6.45, 7) is 3.81. The number of phenolic OH excluding ortho intramolecular Hbond substituents is 1. The molecule has 0 aliphatic rings. The molecule has 1 heterocycles. The standard InChI is InChI=1S/C14H14O4/c1-3-17-14(16)13-10(12-5-4-6-18-12)7-9(2)8-11(13)15/h4-8,15H,3H2,1-2H3. The molecule has 18 heavy (non-hydrogen) atoms. The Morgan fingerprint density at radius 2 is 2.22 bits per heavy atom. The van der Waals surface area contributed by atoms with Crippen molar-refractivity contribution in [1.29, 1.82) is 0 Å². The molecule has 0 amide bonds. The fourth-order valence-corrected chi connectivity index (χ4v) is 1.81. The summed E-state index contributed by atoms with van der Waals surface area (Å²) in [6.07, 6.45) is 1.52. The minimum absolute atomic E-state index is 0.0974. The predicted molar refractivity (Wildman–Crippen MR) is 66.5 cm³/mol. The summed E-state index contributed by atoms with van der Waals surface area (Å²) in [5, 5.41) is 9.93. The van der Waals surface area contributed by atoms with E-state index in [9.17, 15) is 9.90 Å². The van der Waals surface area contributed by atoms with Crippen molar-refractivity contribution < 1.29 is 19.1 Å². The zero-order valence-corrected chi connectivity index (χ0v) is 10.3. The Balaban J connectivity index is 2.59. The van der Waals surface area contributed by atoms with Gasteiger partial charge in [-0.25, -0.2) is 4.79 Å². The van der Waals surface area contributed by atoms with Crippen molar-refractivity contribution in [2.75, 3.05) is 6.61 Å². The third kappa shape index (κ3) is 2.22. The van der Waals surface area contributed by atoms with E-state index >= 15 is 0 Å². The van der Waals surface area contributed by atoms with Crippen LogP contribution in [-0.2, 0) is 4.74 Å². The minimum atomic E-state index is -0.554. The molecular weight excluding hydrogens is 232 g/mol. The molecule has 0 spiro atoms. The monoisotopic (exact) mass is 246 g/mol. The number of carbonyl (C=O) groups excluding carboxylic acids is 1. The molecule has 0 aliphatic heterocycles. The van der Waals surface area contributed by atoms with Gasteiger partial charge < -0.3 is 14.3 Å².